The first-order valence-corrected chi connectivity index (χ1v) is 6.55. The Kier molecular flexibility index (Phi) is 3.36. The standard InChI is InChI=1S/C14H13F3N4/c1-8-6-18-4-2-9(8)13-20-11-3-5-19-7-10(11)12(21-13)14(15,16)17/h2,4,6,19H,3,5,7H2,1H3. The van der Waals surface area contributed by atoms with Crippen LogP contribution in [0.25, 0.3) is 11.4 Å². The second kappa shape index (κ2) is 5.07. The molecule has 0 aromatic carbocycles. The van der Waals surface area contributed by atoms with E-state index in [1.54, 1.807) is 19.2 Å². The Bertz CT molecular complexity index is 682. The Morgan fingerprint density at radius 2 is 2.05 bits per heavy atom. The predicted octanol–water partition coefficient (Wildman–Crippen LogP) is 2.51. The van der Waals surface area contributed by atoms with Crippen molar-refractivity contribution in [3.8, 4) is 11.4 Å². The highest BCUT2D eigenvalue weighted by molar-refractivity contribution is 5.59. The summed E-state index contributed by atoms with van der Waals surface area (Å²) in [7, 11) is 0. The maximum absolute atomic E-state index is 13.2. The number of hydrogen-bond acceptors (Lipinski definition) is 4. The lowest BCUT2D eigenvalue weighted by Gasteiger charge is -2.21. The number of alkyl halides is 3. The van der Waals surface area contributed by atoms with Gasteiger partial charge in [0.2, 0.25) is 0 Å². The molecule has 2 aromatic heterocycles. The van der Waals surface area contributed by atoms with Crippen LogP contribution in [0.4, 0.5) is 13.2 Å². The number of nitrogens with zero attached hydrogens (tertiary/aromatic N) is 3. The van der Waals surface area contributed by atoms with Crippen molar-refractivity contribution in [3.63, 3.8) is 0 Å². The van der Waals surface area contributed by atoms with Crippen molar-refractivity contribution in [1.82, 2.24) is 20.3 Å². The first-order valence-electron chi connectivity index (χ1n) is 6.55. The molecule has 7 heteroatoms. The number of hydrogen-bond donors (Lipinski definition) is 1. The fraction of sp³-hybridized carbons (Fsp3) is 0.357. The van der Waals surface area contributed by atoms with E-state index >= 15 is 0 Å². The smallest absolute Gasteiger partial charge is 0.312 e. The molecule has 0 atom stereocenters. The first-order chi connectivity index (χ1) is 9.97. The largest absolute Gasteiger partial charge is 0.433 e. The molecule has 110 valence electrons. The number of aromatic nitrogens is 3. The molecule has 1 N–H and O–H groups in total. The van der Waals surface area contributed by atoms with Gasteiger partial charge in [0.15, 0.2) is 11.5 Å². The zero-order chi connectivity index (χ0) is 15.0. The molecular formula is C14H13F3N4. The Balaban J connectivity index is 2.22. The summed E-state index contributed by atoms with van der Waals surface area (Å²) in [6.07, 6.45) is -0.896. The Morgan fingerprint density at radius 1 is 1.24 bits per heavy atom. The van der Waals surface area contributed by atoms with Crippen LogP contribution in [0.5, 0.6) is 0 Å². The van der Waals surface area contributed by atoms with Crippen molar-refractivity contribution < 1.29 is 13.2 Å². The van der Waals surface area contributed by atoms with Crippen LogP contribution in [-0.4, -0.2) is 21.5 Å². The molecule has 4 nitrogen and oxygen atoms in total. The minimum atomic E-state index is -4.48. The van der Waals surface area contributed by atoms with Gasteiger partial charge in [-0.15, -0.1) is 0 Å². The van der Waals surface area contributed by atoms with Gasteiger partial charge in [-0.3, -0.25) is 4.98 Å². The normalized spacial score (nSPS) is 14.9. The van der Waals surface area contributed by atoms with Crippen LogP contribution in [0, 0.1) is 6.92 Å². The van der Waals surface area contributed by atoms with Gasteiger partial charge in [-0.05, 0) is 18.6 Å². The SMILES string of the molecule is Cc1cnccc1-c1nc2c(c(C(F)(F)F)n1)CNCC2. The van der Waals surface area contributed by atoms with Crippen LogP contribution in [0.3, 0.4) is 0 Å². The highest BCUT2D eigenvalue weighted by Crippen LogP contribution is 2.34. The maximum Gasteiger partial charge on any atom is 0.433 e. The molecule has 1 aliphatic heterocycles. The minimum absolute atomic E-state index is 0.114. The minimum Gasteiger partial charge on any atom is -0.312 e. The fourth-order valence-electron chi connectivity index (χ4n) is 2.42. The van der Waals surface area contributed by atoms with Gasteiger partial charge in [0.05, 0.1) is 5.69 Å². The van der Waals surface area contributed by atoms with E-state index in [1.165, 1.54) is 6.20 Å². The average molecular weight is 294 g/mol. The fourth-order valence-corrected chi connectivity index (χ4v) is 2.42. The molecule has 0 saturated heterocycles. The van der Waals surface area contributed by atoms with Crippen LogP contribution in [0.1, 0.15) is 22.5 Å². The van der Waals surface area contributed by atoms with Crippen molar-refractivity contribution in [2.24, 2.45) is 0 Å². The summed E-state index contributed by atoms with van der Waals surface area (Å²) in [5.74, 6) is 0.114. The summed E-state index contributed by atoms with van der Waals surface area (Å²) in [4.78, 5) is 12.1. The molecule has 2 aromatic rings. The molecule has 0 unspecified atom stereocenters. The van der Waals surface area contributed by atoms with E-state index < -0.39 is 11.9 Å². The van der Waals surface area contributed by atoms with E-state index in [-0.39, 0.29) is 17.9 Å². The number of fused-ring (bicyclic) bond motifs is 1. The third-order valence-electron chi connectivity index (χ3n) is 3.46. The summed E-state index contributed by atoms with van der Waals surface area (Å²) in [6.45, 7) is 2.55. The first kappa shape index (κ1) is 13.9. The second-order valence-corrected chi connectivity index (χ2v) is 4.94. The molecule has 3 heterocycles. The van der Waals surface area contributed by atoms with Crippen molar-refractivity contribution in [2.75, 3.05) is 6.54 Å². The van der Waals surface area contributed by atoms with Gasteiger partial charge >= 0.3 is 6.18 Å². The van der Waals surface area contributed by atoms with Crippen molar-refractivity contribution in [2.45, 2.75) is 26.1 Å². The van der Waals surface area contributed by atoms with Crippen LogP contribution < -0.4 is 5.32 Å². The highest BCUT2D eigenvalue weighted by Gasteiger charge is 2.38. The number of nitrogens with one attached hydrogen (secondary N) is 1. The molecule has 0 aliphatic carbocycles. The molecule has 0 saturated carbocycles. The Labute approximate surface area is 119 Å². The molecule has 0 fully saturated rings. The topological polar surface area (TPSA) is 50.7 Å². The molecule has 0 amide bonds. The monoisotopic (exact) mass is 294 g/mol. The predicted molar refractivity (Wildman–Crippen MR) is 70.4 cm³/mol. The quantitative estimate of drug-likeness (QED) is 0.878. The summed E-state index contributed by atoms with van der Waals surface area (Å²) < 4.78 is 39.7. The van der Waals surface area contributed by atoms with E-state index in [2.05, 4.69) is 20.3 Å². The lowest BCUT2D eigenvalue weighted by molar-refractivity contribution is -0.142. The van der Waals surface area contributed by atoms with Gasteiger partial charge in [-0.1, -0.05) is 0 Å². The van der Waals surface area contributed by atoms with Crippen LogP contribution >= 0.6 is 0 Å². The summed E-state index contributed by atoms with van der Waals surface area (Å²) >= 11 is 0. The van der Waals surface area contributed by atoms with E-state index in [0.717, 1.165) is 5.56 Å². The van der Waals surface area contributed by atoms with Gasteiger partial charge in [-0.25, -0.2) is 9.97 Å². The summed E-state index contributed by atoms with van der Waals surface area (Å²) in [5.41, 5.74) is 1.12. The zero-order valence-electron chi connectivity index (χ0n) is 11.3. The maximum atomic E-state index is 13.2. The van der Waals surface area contributed by atoms with Crippen molar-refractivity contribution in [1.29, 1.82) is 0 Å². The number of pyridine rings is 1. The lowest BCUT2D eigenvalue weighted by atomic mass is 10.0. The second-order valence-electron chi connectivity index (χ2n) is 4.94. The third kappa shape index (κ3) is 2.61. The van der Waals surface area contributed by atoms with E-state index in [4.69, 9.17) is 0 Å². The molecule has 3 rings (SSSR count). The van der Waals surface area contributed by atoms with E-state index in [0.29, 0.717) is 24.2 Å². The molecule has 0 spiro atoms. The molecule has 1 aliphatic rings. The molecule has 0 bridgehead atoms. The third-order valence-corrected chi connectivity index (χ3v) is 3.46. The molecule has 0 radical (unpaired) electrons. The van der Waals surface area contributed by atoms with E-state index in [9.17, 15) is 13.2 Å². The summed E-state index contributed by atoms with van der Waals surface area (Å²) in [6, 6.07) is 1.64. The Morgan fingerprint density at radius 3 is 2.76 bits per heavy atom. The van der Waals surface area contributed by atoms with Crippen LogP contribution in [-0.2, 0) is 19.1 Å². The number of aryl methyl sites for hydroxylation is 1. The molecule has 21 heavy (non-hydrogen) atoms. The van der Waals surface area contributed by atoms with Crippen molar-refractivity contribution >= 4 is 0 Å². The van der Waals surface area contributed by atoms with Gasteiger partial charge in [0.1, 0.15) is 0 Å². The number of halogens is 3. The van der Waals surface area contributed by atoms with Gasteiger partial charge < -0.3 is 5.32 Å². The van der Waals surface area contributed by atoms with E-state index in [1.807, 2.05) is 0 Å². The highest BCUT2D eigenvalue weighted by atomic mass is 19.4. The average Bonchev–Trinajstić information content (AvgIpc) is 2.45. The van der Waals surface area contributed by atoms with Gasteiger partial charge in [-0.2, -0.15) is 13.2 Å². The molecular weight excluding hydrogens is 281 g/mol. The number of rotatable bonds is 1. The Hall–Kier alpha value is -2.02. The van der Waals surface area contributed by atoms with Crippen molar-refractivity contribution in [3.05, 3.63) is 41.0 Å². The summed E-state index contributed by atoms with van der Waals surface area (Å²) in [5, 5.41) is 2.93. The van der Waals surface area contributed by atoms with Gasteiger partial charge in [0.25, 0.3) is 0 Å². The van der Waals surface area contributed by atoms with Crippen LogP contribution in [0.2, 0.25) is 0 Å². The van der Waals surface area contributed by atoms with Gasteiger partial charge in [0, 0.05) is 43.0 Å². The van der Waals surface area contributed by atoms with Crippen LogP contribution in [0.15, 0.2) is 18.5 Å². The zero-order valence-corrected chi connectivity index (χ0v) is 11.3. The lowest BCUT2D eigenvalue weighted by Crippen LogP contribution is -2.29.